The maximum Gasteiger partial charge on any atom is 0.228 e. The summed E-state index contributed by atoms with van der Waals surface area (Å²) in [6.45, 7) is 6.67. The molecule has 1 aliphatic rings. The van der Waals surface area contributed by atoms with Crippen LogP contribution in [0.3, 0.4) is 0 Å². The van der Waals surface area contributed by atoms with E-state index in [1.807, 2.05) is 4.90 Å². The molecule has 0 saturated carbocycles. The van der Waals surface area contributed by atoms with Gasteiger partial charge in [-0.2, -0.15) is 5.26 Å². The van der Waals surface area contributed by atoms with Gasteiger partial charge < -0.3 is 9.64 Å². The maximum absolute atomic E-state index is 12.1. The van der Waals surface area contributed by atoms with Gasteiger partial charge in [-0.3, -0.25) is 4.79 Å². The minimum absolute atomic E-state index is 0.0115. The Balaban J connectivity index is 2.52. The van der Waals surface area contributed by atoms with Crippen molar-refractivity contribution in [1.82, 2.24) is 4.90 Å². The Morgan fingerprint density at radius 3 is 2.88 bits per heavy atom. The third-order valence-corrected chi connectivity index (χ3v) is 2.67. The van der Waals surface area contributed by atoms with Crippen molar-refractivity contribution in [3.63, 3.8) is 0 Å². The van der Waals surface area contributed by atoms with Crippen molar-refractivity contribution in [1.29, 1.82) is 5.26 Å². The van der Waals surface area contributed by atoms with Crippen molar-refractivity contribution in [2.75, 3.05) is 26.3 Å². The van der Waals surface area contributed by atoms with Gasteiger partial charge in [-0.15, -0.1) is 0 Å². The minimum atomic E-state index is 0.0115. The summed E-state index contributed by atoms with van der Waals surface area (Å²) in [5, 5.41) is 8.58. The van der Waals surface area contributed by atoms with Crippen LogP contribution in [0.1, 0.15) is 26.7 Å². The summed E-state index contributed by atoms with van der Waals surface area (Å²) >= 11 is 0. The van der Waals surface area contributed by atoms with Gasteiger partial charge in [-0.1, -0.05) is 13.8 Å². The van der Waals surface area contributed by atoms with Crippen LogP contribution in [0, 0.1) is 23.2 Å². The van der Waals surface area contributed by atoms with Gasteiger partial charge in [-0.05, 0) is 12.3 Å². The van der Waals surface area contributed by atoms with Gasteiger partial charge in [-0.25, -0.2) is 0 Å². The molecule has 4 nitrogen and oxygen atoms in total. The van der Waals surface area contributed by atoms with E-state index in [0.29, 0.717) is 32.1 Å². The molecule has 90 valence electrons. The third kappa shape index (κ3) is 3.82. The molecule has 4 heteroatoms. The average molecular weight is 224 g/mol. The zero-order chi connectivity index (χ0) is 12.0. The maximum atomic E-state index is 12.1. The van der Waals surface area contributed by atoms with E-state index in [9.17, 15) is 4.79 Å². The molecular weight excluding hydrogens is 204 g/mol. The number of rotatable bonds is 5. The number of carbonyl (C=O) groups is 1. The Kier molecular flexibility index (Phi) is 5.27. The molecule has 1 rings (SSSR count). The molecule has 0 spiro atoms. The average Bonchev–Trinajstić information content (AvgIpc) is 2.76. The largest absolute Gasteiger partial charge is 0.381 e. The van der Waals surface area contributed by atoms with Crippen LogP contribution in [0.25, 0.3) is 0 Å². The molecule has 1 aliphatic heterocycles. The van der Waals surface area contributed by atoms with E-state index in [4.69, 9.17) is 10.00 Å². The van der Waals surface area contributed by atoms with Crippen LogP contribution in [0.4, 0.5) is 0 Å². The molecule has 0 aliphatic carbocycles. The van der Waals surface area contributed by atoms with E-state index in [1.165, 1.54) is 0 Å². The highest BCUT2D eigenvalue weighted by Gasteiger charge is 2.27. The summed E-state index contributed by atoms with van der Waals surface area (Å²) in [5.41, 5.74) is 0. The molecule has 1 atom stereocenters. The summed E-state index contributed by atoms with van der Waals surface area (Å²) in [6.07, 6.45) is 1.23. The van der Waals surface area contributed by atoms with E-state index in [1.54, 1.807) is 0 Å². The summed E-state index contributed by atoms with van der Waals surface area (Å²) < 4.78 is 5.23. The molecule has 0 aromatic carbocycles. The number of amides is 1. The second kappa shape index (κ2) is 6.49. The second-order valence-corrected chi connectivity index (χ2v) is 4.65. The van der Waals surface area contributed by atoms with Crippen LogP contribution in [-0.2, 0) is 9.53 Å². The molecule has 0 aromatic heterocycles. The number of carbonyl (C=O) groups excluding carboxylic acids is 1. The highest BCUT2D eigenvalue weighted by Crippen LogP contribution is 2.16. The number of nitriles is 1. The first-order valence-corrected chi connectivity index (χ1v) is 5.88. The third-order valence-electron chi connectivity index (χ3n) is 2.67. The van der Waals surface area contributed by atoms with Gasteiger partial charge in [0, 0.05) is 19.7 Å². The lowest BCUT2D eigenvalue weighted by molar-refractivity contribution is -0.136. The number of ether oxygens (including phenoxy) is 1. The number of hydrogen-bond acceptors (Lipinski definition) is 3. The van der Waals surface area contributed by atoms with Gasteiger partial charge in [0.25, 0.3) is 0 Å². The van der Waals surface area contributed by atoms with Gasteiger partial charge in [0.2, 0.25) is 5.91 Å². The highest BCUT2D eigenvalue weighted by molar-refractivity contribution is 5.79. The summed E-state index contributed by atoms with van der Waals surface area (Å²) in [7, 11) is 0. The molecule has 1 saturated heterocycles. The molecule has 1 unspecified atom stereocenters. The quantitative estimate of drug-likeness (QED) is 0.709. The number of nitrogens with zero attached hydrogens (tertiary/aromatic N) is 2. The van der Waals surface area contributed by atoms with Crippen molar-refractivity contribution in [3.05, 3.63) is 0 Å². The lowest BCUT2D eigenvalue weighted by Crippen LogP contribution is -2.39. The molecule has 1 amide bonds. The van der Waals surface area contributed by atoms with E-state index >= 15 is 0 Å². The highest BCUT2D eigenvalue weighted by atomic mass is 16.5. The Labute approximate surface area is 97.2 Å². The molecular formula is C12H20N2O2. The molecule has 0 N–H and O–H groups in total. The fourth-order valence-electron chi connectivity index (χ4n) is 1.90. The van der Waals surface area contributed by atoms with Crippen LogP contribution in [-0.4, -0.2) is 37.1 Å². The van der Waals surface area contributed by atoms with E-state index in [2.05, 4.69) is 19.9 Å². The van der Waals surface area contributed by atoms with Crippen LogP contribution in [0.5, 0.6) is 0 Å². The van der Waals surface area contributed by atoms with E-state index < -0.39 is 0 Å². The zero-order valence-corrected chi connectivity index (χ0v) is 10.1. The summed E-state index contributed by atoms with van der Waals surface area (Å²) in [4.78, 5) is 13.9. The lowest BCUT2D eigenvalue weighted by Gasteiger charge is -2.26. The molecule has 1 heterocycles. The van der Waals surface area contributed by atoms with Crippen molar-refractivity contribution >= 4 is 5.91 Å². The van der Waals surface area contributed by atoms with Gasteiger partial charge >= 0.3 is 0 Å². The lowest BCUT2D eigenvalue weighted by atomic mass is 10.1. The fourth-order valence-corrected chi connectivity index (χ4v) is 1.90. The monoisotopic (exact) mass is 224 g/mol. The summed E-state index contributed by atoms with van der Waals surface area (Å²) in [6, 6.07) is 2.09. The van der Waals surface area contributed by atoms with Gasteiger partial charge in [0.1, 0.15) is 0 Å². The Morgan fingerprint density at radius 2 is 2.38 bits per heavy atom. The van der Waals surface area contributed by atoms with Crippen molar-refractivity contribution in [3.8, 4) is 6.07 Å². The van der Waals surface area contributed by atoms with Crippen molar-refractivity contribution in [2.24, 2.45) is 11.8 Å². The Hall–Kier alpha value is -1.08. The summed E-state index contributed by atoms with van der Waals surface area (Å²) in [5.74, 6) is 0.601. The molecule has 0 bridgehead atoms. The van der Waals surface area contributed by atoms with Crippen molar-refractivity contribution < 1.29 is 9.53 Å². The first-order valence-electron chi connectivity index (χ1n) is 5.88. The molecule has 0 radical (unpaired) electrons. The number of hydrogen-bond donors (Lipinski definition) is 0. The van der Waals surface area contributed by atoms with Crippen LogP contribution in [0.2, 0.25) is 0 Å². The molecule has 0 aromatic rings. The van der Waals surface area contributed by atoms with Crippen LogP contribution >= 0.6 is 0 Å². The topological polar surface area (TPSA) is 53.3 Å². The zero-order valence-electron chi connectivity index (χ0n) is 10.1. The molecule has 16 heavy (non-hydrogen) atoms. The van der Waals surface area contributed by atoms with E-state index in [0.717, 1.165) is 13.0 Å². The SMILES string of the molecule is CC(C)CN(CCC#N)C(=O)C1CCOC1. The van der Waals surface area contributed by atoms with Crippen LogP contribution in [0.15, 0.2) is 0 Å². The van der Waals surface area contributed by atoms with E-state index in [-0.39, 0.29) is 11.8 Å². The van der Waals surface area contributed by atoms with Gasteiger partial charge in [0.15, 0.2) is 0 Å². The van der Waals surface area contributed by atoms with Gasteiger partial charge in [0.05, 0.1) is 25.0 Å². The smallest absolute Gasteiger partial charge is 0.228 e. The Bertz CT molecular complexity index is 265. The first kappa shape index (κ1) is 13.0. The second-order valence-electron chi connectivity index (χ2n) is 4.65. The molecule has 1 fully saturated rings. The predicted molar refractivity (Wildman–Crippen MR) is 60.6 cm³/mol. The predicted octanol–water partition coefficient (Wildman–Crippen LogP) is 1.42. The first-order chi connectivity index (χ1) is 7.65. The fraction of sp³-hybridized carbons (Fsp3) is 0.833. The minimum Gasteiger partial charge on any atom is -0.381 e. The van der Waals surface area contributed by atoms with Crippen molar-refractivity contribution in [2.45, 2.75) is 26.7 Å². The van der Waals surface area contributed by atoms with Crippen LogP contribution < -0.4 is 0 Å². The Morgan fingerprint density at radius 1 is 1.62 bits per heavy atom. The normalized spacial score (nSPS) is 19.8. The standard InChI is InChI=1S/C12H20N2O2/c1-10(2)8-14(6-3-5-13)12(15)11-4-7-16-9-11/h10-11H,3-4,6-9H2,1-2H3.